The molecule has 0 saturated carbocycles. The Morgan fingerprint density at radius 1 is 1.25 bits per heavy atom. The molecule has 2 heterocycles. The predicted molar refractivity (Wildman–Crippen MR) is 75.8 cm³/mol. The smallest absolute Gasteiger partial charge is 0.182 e. The van der Waals surface area contributed by atoms with Crippen LogP contribution in [0.3, 0.4) is 0 Å². The SMILES string of the molecule is CC1(Cn2nnnc2-c2ccc(N)cc2)CCOCC1. The van der Waals surface area contributed by atoms with Gasteiger partial charge in [0.05, 0.1) is 6.54 Å². The molecule has 0 atom stereocenters. The Morgan fingerprint density at radius 3 is 2.65 bits per heavy atom. The van der Waals surface area contributed by atoms with Gasteiger partial charge in [-0.2, -0.15) is 0 Å². The number of nitrogens with two attached hydrogens (primary N) is 1. The number of hydrogen-bond acceptors (Lipinski definition) is 5. The Bertz CT molecular complexity index is 572. The van der Waals surface area contributed by atoms with E-state index in [1.54, 1.807) is 0 Å². The van der Waals surface area contributed by atoms with Crippen molar-refractivity contribution in [2.75, 3.05) is 18.9 Å². The Labute approximate surface area is 117 Å². The summed E-state index contributed by atoms with van der Waals surface area (Å²) in [5.41, 5.74) is 7.63. The van der Waals surface area contributed by atoms with Crippen LogP contribution in [0.25, 0.3) is 11.4 Å². The van der Waals surface area contributed by atoms with Crippen LogP contribution in [0.5, 0.6) is 0 Å². The molecule has 106 valence electrons. The molecule has 6 nitrogen and oxygen atoms in total. The fourth-order valence-electron chi connectivity index (χ4n) is 2.53. The van der Waals surface area contributed by atoms with Gasteiger partial charge in [-0.15, -0.1) is 5.10 Å². The number of hydrogen-bond donors (Lipinski definition) is 1. The molecule has 0 spiro atoms. The fraction of sp³-hybridized carbons (Fsp3) is 0.500. The van der Waals surface area contributed by atoms with Crippen LogP contribution < -0.4 is 5.73 Å². The fourth-order valence-corrected chi connectivity index (χ4v) is 2.53. The highest BCUT2D eigenvalue weighted by atomic mass is 16.5. The average Bonchev–Trinajstić information content (AvgIpc) is 2.88. The third-order valence-electron chi connectivity index (χ3n) is 3.93. The van der Waals surface area contributed by atoms with Gasteiger partial charge in [-0.05, 0) is 52.9 Å². The van der Waals surface area contributed by atoms with Crippen molar-refractivity contribution < 1.29 is 4.74 Å². The number of nitrogen functional groups attached to an aromatic ring is 1. The molecule has 0 radical (unpaired) electrons. The molecule has 3 rings (SSSR count). The second kappa shape index (κ2) is 5.20. The normalized spacial score (nSPS) is 18.1. The quantitative estimate of drug-likeness (QED) is 0.862. The Balaban J connectivity index is 1.84. The molecule has 1 saturated heterocycles. The van der Waals surface area contributed by atoms with Crippen LogP contribution in [0.15, 0.2) is 24.3 Å². The van der Waals surface area contributed by atoms with Gasteiger partial charge in [0.15, 0.2) is 5.82 Å². The molecule has 1 aromatic heterocycles. The summed E-state index contributed by atoms with van der Waals surface area (Å²) in [7, 11) is 0. The van der Waals surface area contributed by atoms with Gasteiger partial charge in [-0.3, -0.25) is 0 Å². The van der Waals surface area contributed by atoms with Crippen LogP contribution >= 0.6 is 0 Å². The maximum absolute atomic E-state index is 5.72. The Morgan fingerprint density at radius 2 is 1.95 bits per heavy atom. The van der Waals surface area contributed by atoms with Crippen LogP contribution in [0.2, 0.25) is 0 Å². The predicted octanol–water partition coefficient (Wildman–Crippen LogP) is 1.74. The molecule has 6 heteroatoms. The third-order valence-corrected chi connectivity index (χ3v) is 3.93. The van der Waals surface area contributed by atoms with Crippen molar-refractivity contribution >= 4 is 5.69 Å². The minimum atomic E-state index is 0.191. The van der Waals surface area contributed by atoms with Gasteiger partial charge in [0.2, 0.25) is 0 Å². The van der Waals surface area contributed by atoms with Crippen LogP contribution in [0.4, 0.5) is 5.69 Å². The van der Waals surface area contributed by atoms with E-state index < -0.39 is 0 Å². The average molecular weight is 273 g/mol. The standard InChI is InChI=1S/C14H19N5O/c1-14(6-8-20-9-7-14)10-19-13(16-17-18-19)11-2-4-12(15)5-3-11/h2-5H,6-10,15H2,1H3. The molecule has 0 aliphatic carbocycles. The van der Waals surface area contributed by atoms with E-state index in [1.165, 1.54) is 0 Å². The summed E-state index contributed by atoms with van der Waals surface area (Å²) in [4.78, 5) is 0. The van der Waals surface area contributed by atoms with E-state index >= 15 is 0 Å². The first kappa shape index (κ1) is 13.1. The first-order chi connectivity index (χ1) is 9.66. The number of rotatable bonds is 3. The van der Waals surface area contributed by atoms with Gasteiger partial charge >= 0.3 is 0 Å². The van der Waals surface area contributed by atoms with E-state index in [1.807, 2.05) is 28.9 Å². The van der Waals surface area contributed by atoms with Crippen molar-refractivity contribution in [2.45, 2.75) is 26.3 Å². The second-order valence-corrected chi connectivity index (χ2v) is 5.71. The van der Waals surface area contributed by atoms with Gasteiger partial charge in [-0.1, -0.05) is 6.92 Å². The van der Waals surface area contributed by atoms with Crippen LogP contribution in [0, 0.1) is 5.41 Å². The second-order valence-electron chi connectivity index (χ2n) is 5.71. The monoisotopic (exact) mass is 273 g/mol. The molecule has 2 N–H and O–H groups in total. The molecule has 0 unspecified atom stereocenters. The lowest BCUT2D eigenvalue weighted by Crippen LogP contribution is -2.31. The summed E-state index contributed by atoms with van der Waals surface area (Å²) in [5, 5.41) is 12.1. The molecular weight excluding hydrogens is 254 g/mol. The molecule has 2 aromatic rings. The minimum absolute atomic E-state index is 0.191. The number of nitrogens with zero attached hydrogens (tertiary/aromatic N) is 4. The topological polar surface area (TPSA) is 78.9 Å². The molecule has 20 heavy (non-hydrogen) atoms. The lowest BCUT2D eigenvalue weighted by molar-refractivity contribution is 0.0138. The van der Waals surface area contributed by atoms with Crippen molar-refractivity contribution in [3.63, 3.8) is 0 Å². The van der Waals surface area contributed by atoms with Gasteiger partial charge < -0.3 is 10.5 Å². The molecule has 1 aliphatic rings. The highest BCUT2D eigenvalue weighted by molar-refractivity contribution is 5.58. The van der Waals surface area contributed by atoms with E-state index in [0.717, 1.165) is 49.7 Å². The number of tetrazole rings is 1. The summed E-state index contributed by atoms with van der Waals surface area (Å²) in [6.45, 7) is 4.71. The molecular formula is C14H19N5O. The van der Waals surface area contributed by atoms with E-state index in [4.69, 9.17) is 10.5 Å². The number of anilines is 1. The summed E-state index contributed by atoms with van der Waals surface area (Å²) >= 11 is 0. The zero-order valence-corrected chi connectivity index (χ0v) is 11.6. The number of benzene rings is 1. The van der Waals surface area contributed by atoms with E-state index in [0.29, 0.717) is 0 Å². The summed E-state index contributed by atoms with van der Waals surface area (Å²) in [6.07, 6.45) is 2.07. The van der Waals surface area contributed by atoms with Gasteiger partial charge in [0.1, 0.15) is 0 Å². The number of ether oxygens (including phenoxy) is 1. The first-order valence-corrected chi connectivity index (χ1v) is 6.86. The summed E-state index contributed by atoms with van der Waals surface area (Å²) in [5.74, 6) is 0.790. The summed E-state index contributed by atoms with van der Waals surface area (Å²) in [6, 6.07) is 7.63. The Hall–Kier alpha value is -1.95. The highest BCUT2D eigenvalue weighted by Gasteiger charge is 2.29. The maximum Gasteiger partial charge on any atom is 0.182 e. The van der Waals surface area contributed by atoms with Gasteiger partial charge in [0.25, 0.3) is 0 Å². The molecule has 1 aromatic carbocycles. The van der Waals surface area contributed by atoms with E-state index in [2.05, 4.69) is 22.4 Å². The van der Waals surface area contributed by atoms with Gasteiger partial charge in [0, 0.05) is 24.5 Å². The highest BCUT2D eigenvalue weighted by Crippen LogP contribution is 2.32. The first-order valence-electron chi connectivity index (χ1n) is 6.86. The lowest BCUT2D eigenvalue weighted by atomic mass is 9.82. The van der Waals surface area contributed by atoms with Crippen LogP contribution in [-0.2, 0) is 11.3 Å². The third kappa shape index (κ3) is 2.65. The largest absolute Gasteiger partial charge is 0.399 e. The Kier molecular flexibility index (Phi) is 3.40. The molecule has 1 fully saturated rings. The van der Waals surface area contributed by atoms with Crippen molar-refractivity contribution in [1.29, 1.82) is 0 Å². The maximum atomic E-state index is 5.72. The lowest BCUT2D eigenvalue weighted by Gasteiger charge is -2.33. The summed E-state index contributed by atoms with van der Waals surface area (Å²) < 4.78 is 7.32. The van der Waals surface area contributed by atoms with Crippen LogP contribution in [0.1, 0.15) is 19.8 Å². The van der Waals surface area contributed by atoms with Crippen molar-refractivity contribution in [3.05, 3.63) is 24.3 Å². The zero-order chi connectivity index (χ0) is 14.0. The van der Waals surface area contributed by atoms with Crippen LogP contribution in [-0.4, -0.2) is 33.4 Å². The molecule has 1 aliphatic heterocycles. The van der Waals surface area contributed by atoms with Crippen molar-refractivity contribution in [1.82, 2.24) is 20.2 Å². The number of aromatic nitrogens is 4. The van der Waals surface area contributed by atoms with Gasteiger partial charge in [-0.25, -0.2) is 4.68 Å². The van der Waals surface area contributed by atoms with Crippen molar-refractivity contribution in [3.8, 4) is 11.4 Å². The minimum Gasteiger partial charge on any atom is -0.399 e. The van der Waals surface area contributed by atoms with E-state index in [9.17, 15) is 0 Å². The van der Waals surface area contributed by atoms with Crippen molar-refractivity contribution in [2.24, 2.45) is 5.41 Å². The molecule has 0 bridgehead atoms. The zero-order valence-electron chi connectivity index (χ0n) is 11.6. The molecule has 0 amide bonds. The van der Waals surface area contributed by atoms with E-state index in [-0.39, 0.29) is 5.41 Å².